The summed E-state index contributed by atoms with van der Waals surface area (Å²) in [6.45, 7) is 5.57. The Balaban J connectivity index is 0.00000242. The Hall–Kier alpha value is -1.14. The average molecular weight is 314 g/mol. The molecule has 0 amide bonds. The molecule has 0 aliphatic heterocycles. The van der Waals surface area contributed by atoms with E-state index in [0.717, 1.165) is 16.7 Å². The number of benzene rings is 2. The first-order valence-corrected chi connectivity index (χ1v) is 8.43. The van der Waals surface area contributed by atoms with Crippen LogP contribution in [-0.4, -0.2) is 34.2 Å². The summed E-state index contributed by atoms with van der Waals surface area (Å²) in [4.78, 5) is 32.5. The van der Waals surface area contributed by atoms with Crippen LogP contribution in [0.1, 0.15) is 27.0 Å². The molecule has 0 spiro atoms. The van der Waals surface area contributed by atoms with Gasteiger partial charge in [-0.15, -0.1) is 0 Å². The molecule has 6 heteroatoms. The molecular weight excluding hydrogens is 294 g/mol. The van der Waals surface area contributed by atoms with E-state index in [1.807, 2.05) is 32.9 Å². The molecule has 2 aromatic carbocycles. The van der Waals surface area contributed by atoms with Crippen molar-refractivity contribution >= 4 is 32.3 Å². The standard InChI is InChI=1S/C16H19O4P.Li.H/c1-11-9-12(2)15(13(3)10-11)20-21(18,19)16(17)14-7-5-4-6-8-14;;/h4-10,18-19,21H,1-3H3;;. The summed E-state index contributed by atoms with van der Waals surface area (Å²) in [5, 5.41) is 0. The second-order valence-corrected chi connectivity index (χ2v) is 7.01. The van der Waals surface area contributed by atoms with Crippen molar-refractivity contribution in [1.29, 1.82) is 0 Å². The molecule has 0 saturated heterocycles. The van der Waals surface area contributed by atoms with Gasteiger partial charge in [0.25, 0.3) is 0 Å². The van der Waals surface area contributed by atoms with Gasteiger partial charge in [0, 0.05) is 0 Å². The first-order valence-electron chi connectivity index (χ1n) is 6.62. The summed E-state index contributed by atoms with van der Waals surface area (Å²) >= 11 is 0. The fourth-order valence-electron chi connectivity index (χ4n) is 2.29. The van der Waals surface area contributed by atoms with Crippen LogP contribution in [0, 0.1) is 20.8 Å². The van der Waals surface area contributed by atoms with Gasteiger partial charge < -0.3 is 0 Å². The van der Waals surface area contributed by atoms with Crippen LogP contribution in [0.15, 0.2) is 42.5 Å². The number of carbonyl (C=O) groups excluding carboxylic acids is 1. The first kappa shape index (κ1) is 18.9. The van der Waals surface area contributed by atoms with Crippen LogP contribution in [0.25, 0.3) is 0 Å². The second kappa shape index (κ2) is 7.42. The van der Waals surface area contributed by atoms with Crippen LogP contribution in [0.5, 0.6) is 5.75 Å². The van der Waals surface area contributed by atoms with E-state index in [2.05, 4.69) is 0 Å². The Morgan fingerprint density at radius 3 is 2.00 bits per heavy atom. The number of aryl methyl sites for hydroxylation is 3. The van der Waals surface area contributed by atoms with Gasteiger partial charge >= 0.3 is 143 Å². The summed E-state index contributed by atoms with van der Waals surface area (Å²) in [6, 6.07) is 11.9. The van der Waals surface area contributed by atoms with Gasteiger partial charge in [-0.05, 0) is 0 Å². The monoisotopic (exact) mass is 314 g/mol. The number of rotatable bonds is 4. The van der Waals surface area contributed by atoms with Gasteiger partial charge in [-0.3, -0.25) is 0 Å². The van der Waals surface area contributed by atoms with Gasteiger partial charge in [0.1, 0.15) is 0 Å². The molecular formula is C16H20LiO4P. The summed E-state index contributed by atoms with van der Waals surface area (Å²) in [6.07, 6.45) is 0. The van der Waals surface area contributed by atoms with Crippen LogP contribution in [0.4, 0.5) is 0 Å². The van der Waals surface area contributed by atoms with E-state index in [0.29, 0.717) is 5.75 Å². The molecule has 0 atom stereocenters. The maximum atomic E-state index is 12.2. The third-order valence-electron chi connectivity index (χ3n) is 3.18. The minimum absolute atomic E-state index is 0. The summed E-state index contributed by atoms with van der Waals surface area (Å²) in [5.41, 5.74) is 2.07. The molecule has 114 valence electrons. The van der Waals surface area contributed by atoms with Crippen molar-refractivity contribution in [2.45, 2.75) is 20.8 Å². The Morgan fingerprint density at radius 1 is 1.00 bits per heavy atom. The first-order chi connectivity index (χ1) is 9.81. The van der Waals surface area contributed by atoms with E-state index < -0.39 is 13.5 Å². The van der Waals surface area contributed by atoms with Crippen molar-refractivity contribution in [1.82, 2.24) is 0 Å². The summed E-state index contributed by atoms with van der Waals surface area (Å²) < 4.78 is 5.34. The zero-order valence-corrected chi connectivity index (χ0v) is 13.3. The predicted molar refractivity (Wildman–Crippen MR) is 92.0 cm³/mol. The molecule has 0 fully saturated rings. The SMILES string of the molecule is Cc1cc(C)c(O[PH](O)(O)C(=O)c2ccccc2)c(C)c1.[LiH]. The van der Waals surface area contributed by atoms with Gasteiger partial charge in [-0.2, -0.15) is 0 Å². The van der Waals surface area contributed by atoms with Crippen LogP contribution in [-0.2, 0) is 0 Å². The van der Waals surface area contributed by atoms with Gasteiger partial charge in [-0.1, -0.05) is 0 Å². The van der Waals surface area contributed by atoms with Crippen molar-refractivity contribution in [2.75, 3.05) is 0 Å². The van der Waals surface area contributed by atoms with E-state index >= 15 is 0 Å². The molecule has 0 aromatic heterocycles. The molecule has 0 aliphatic rings. The fourth-order valence-corrected chi connectivity index (χ4v) is 3.54. The van der Waals surface area contributed by atoms with E-state index in [1.54, 1.807) is 18.2 Å². The second-order valence-electron chi connectivity index (χ2n) is 5.13. The normalized spacial score (nSPS) is 11.5. The van der Waals surface area contributed by atoms with Gasteiger partial charge in [0.15, 0.2) is 0 Å². The third-order valence-corrected chi connectivity index (χ3v) is 4.55. The van der Waals surface area contributed by atoms with Gasteiger partial charge in [-0.25, -0.2) is 0 Å². The maximum absolute atomic E-state index is 12.2. The Bertz CT molecular complexity index is 648. The Kier molecular flexibility index (Phi) is 6.37. The molecule has 0 bridgehead atoms. The van der Waals surface area contributed by atoms with Crippen molar-refractivity contribution in [2.24, 2.45) is 0 Å². The quantitative estimate of drug-likeness (QED) is 0.672. The molecule has 4 nitrogen and oxygen atoms in total. The number of carbonyl (C=O) groups is 1. The molecule has 22 heavy (non-hydrogen) atoms. The summed E-state index contributed by atoms with van der Waals surface area (Å²) in [7, 11) is -4.51. The van der Waals surface area contributed by atoms with Crippen LogP contribution in [0.2, 0.25) is 0 Å². The third kappa shape index (κ3) is 4.20. The predicted octanol–water partition coefficient (Wildman–Crippen LogP) is 2.66. The Labute approximate surface area is 142 Å². The molecule has 2 rings (SSSR count). The molecule has 0 aliphatic carbocycles. The minimum atomic E-state index is -4.51. The molecule has 0 unspecified atom stereocenters. The van der Waals surface area contributed by atoms with Crippen LogP contribution in [0.3, 0.4) is 0 Å². The van der Waals surface area contributed by atoms with E-state index in [9.17, 15) is 14.6 Å². The van der Waals surface area contributed by atoms with E-state index in [1.165, 1.54) is 12.1 Å². The molecule has 0 heterocycles. The fraction of sp³-hybridized carbons (Fsp3) is 0.188. The van der Waals surface area contributed by atoms with Crippen molar-refractivity contribution < 1.29 is 19.1 Å². The van der Waals surface area contributed by atoms with Gasteiger partial charge in [0.05, 0.1) is 0 Å². The number of hydrogen-bond donors (Lipinski definition) is 2. The molecule has 0 radical (unpaired) electrons. The zero-order valence-electron chi connectivity index (χ0n) is 12.3. The Morgan fingerprint density at radius 2 is 1.50 bits per heavy atom. The average Bonchev–Trinajstić information content (AvgIpc) is 2.43. The van der Waals surface area contributed by atoms with Gasteiger partial charge in [0.2, 0.25) is 0 Å². The van der Waals surface area contributed by atoms with Crippen LogP contribution < -0.4 is 4.52 Å². The van der Waals surface area contributed by atoms with Crippen molar-refractivity contribution in [3.05, 3.63) is 64.7 Å². The number of hydrogen-bond acceptors (Lipinski definition) is 4. The zero-order chi connectivity index (χ0) is 15.6. The molecule has 2 N–H and O–H groups in total. The van der Waals surface area contributed by atoms with Crippen molar-refractivity contribution in [3.63, 3.8) is 0 Å². The topological polar surface area (TPSA) is 66.8 Å². The van der Waals surface area contributed by atoms with E-state index in [4.69, 9.17) is 4.52 Å². The molecule has 2 aromatic rings. The van der Waals surface area contributed by atoms with E-state index in [-0.39, 0.29) is 24.4 Å². The van der Waals surface area contributed by atoms with Crippen LogP contribution >= 0.6 is 7.94 Å². The van der Waals surface area contributed by atoms with Crippen molar-refractivity contribution in [3.8, 4) is 5.75 Å². The summed E-state index contributed by atoms with van der Waals surface area (Å²) in [5.74, 6) is 0.363. The molecule has 0 saturated carbocycles.